The summed E-state index contributed by atoms with van der Waals surface area (Å²) in [5.74, 6) is -1.65. The Balaban J connectivity index is 2.75. The third kappa shape index (κ3) is 2.76. The van der Waals surface area contributed by atoms with Crippen LogP contribution in [0.1, 0.15) is 30.0 Å². The fourth-order valence-electron chi connectivity index (χ4n) is 1.02. The van der Waals surface area contributed by atoms with Crippen molar-refractivity contribution in [3.63, 3.8) is 0 Å². The van der Waals surface area contributed by atoms with Crippen molar-refractivity contribution in [3.8, 4) is 0 Å². The number of methoxy groups -OCH3 is 1. The zero-order valence-corrected chi connectivity index (χ0v) is 8.38. The van der Waals surface area contributed by atoms with Gasteiger partial charge in [0.1, 0.15) is 6.33 Å². The Morgan fingerprint density at radius 2 is 2.33 bits per heavy atom. The minimum absolute atomic E-state index is 0.0743. The van der Waals surface area contributed by atoms with Crippen LogP contribution in [0.2, 0.25) is 0 Å². The first-order chi connectivity index (χ1) is 7.04. The molecule has 1 N–H and O–H groups in total. The van der Waals surface area contributed by atoms with Crippen LogP contribution in [0, 0.1) is 0 Å². The molecule has 15 heavy (non-hydrogen) atoms. The molecule has 0 amide bonds. The monoisotopic (exact) mass is 213 g/mol. The summed E-state index contributed by atoms with van der Waals surface area (Å²) < 4.78 is 5.74. The van der Waals surface area contributed by atoms with Crippen molar-refractivity contribution in [3.05, 3.63) is 12.2 Å². The number of carbonyl (C=O) groups excluding carboxylic acids is 1. The zero-order chi connectivity index (χ0) is 11.4. The largest absolute Gasteiger partial charge is 0.481 e. The number of nitrogens with zero attached hydrogens (tertiary/aromatic N) is 3. The zero-order valence-electron chi connectivity index (χ0n) is 8.38. The molecule has 7 heteroatoms. The van der Waals surface area contributed by atoms with Gasteiger partial charge in [-0.05, 0) is 6.92 Å². The topological polar surface area (TPSA) is 94.3 Å². The molecule has 1 rings (SSSR count). The maximum absolute atomic E-state index is 11.0. The molecule has 0 aliphatic carbocycles. The summed E-state index contributed by atoms with van der Waals surface area (Å²) in [6.07, 6.45) is 1.23. The van der Waals surface area contributed by atoms with Gasteiger partial charge in [-0.1, -0.05) is 0 Å². The number of carbonyl (C=O) groups is 2. The molecule has 82 valence electrons. The standard InChI is InChI=1S/C8H11N3O4/c1-5(3-6(12)13)11-4-9-7(10-11)8(14)15-2/h4-5H,3H2,1-2H3,(H,12,13). The van der Waals surface area contributed by atoms with Crippen molar-refractivity contribution in [1.29, 1.82) is 0 Å². The van der Waals surface area contributed by atoms with Crippen LogP contribution in [0.25, 0.3) is 0 Å². The minimum Gasteiger partial charge on any atom is -0.481 e. The van der Waals surface area contributed by atoms with Gasteiger partial charge in [-0.15, -0.1) is 5.10 Å². The van der Waals surface area contributed by atoms with Crippen molar-refractivity contribution in [2.75, 3.05) is 7.11 Å². The summed E-state index contributed by atoms with van der Waals surface area (Å²) in [7, 11) is 1.23. The van der Waals surface area contributed by atoms with Crippen LogP contribution in [0.15, 0.2) is 6.33 Å². The van der Waals surface area contributed by atoms with Gasteiger partial charge < -0.3 is 9.84 Å². The van der Waals surface area contributed by atoms with Crippen LogP contribution in [-0.4, -0.2) is 38.9 Å². The molecule has 0 saturated carbocycles. The molecule has 1 aromatic heterocycles. The molecule has 0 aliphatic heterocycles. The highest BCUT2D eigenvalue weighted by molar-refractivity contribution is 5.84. The quantitative estimate of drug-likeness (QED) is 0.713. The number of carboxylic acid groups (broad SMARTS) is 1. The second kappa shape index (κ2) is 4.54. The van der Waals surface area contributed by atoms with Gasteiger partial charge in [-0.3, -0.25) is 4.79 Å². The lowest BCUT2D eigenvalue weighted by Crippen LogP contribution is -2.12. The summed E-state index contributed by atoms with van der Waals surface area (Å²) in [5.41, 5.74) is 0. The van der Waals surface area contributed by atoms with E-state index in [0.717, 1.165) is 0 Å². The summed E-state index contributed by atoms with van der Waals surface area (Å²) in [4.78, 5) is 25.1. The average molecular weight is 213 g/mol. The van der Waals surface area contributed by atoms with E-state index in [0.29, 0.717) is 0 Å². The Kier molecular flexibility index (Phi) is 3.37. The van der Waals surface area contributed by atoms with E-state index in [-0.39, 0.29) is 18.3 Å². The van der Waals surface area contributed by atoms with E-state index in [9.17, 15) is 9.59 Å². The highest BCUT2D eigenvalue weighted by Gasteiger charge is 2.15. The van der Waals surface area contributed by atoms with Gasteiger partial charge >= 0.3 is 11.9 Å². The van der Waals surface area contributed by atoms with Crippen LogP contribution in [-0.2, 0) is 9.53 Å². The molecule has 7 nitrogen and oxygen atoms in total. The van der Waals surface area contributed by atoms with Gasteiger partial charge in [0.15, 0.2) is 0 Å². The molecule has 1 atom stereocenters. The third-order valence-electron chi connectivity index (χ3n) is 1.80. The fraction of sp³-hybridized carbons (Fsp3) is 0.500. The summed E-state index contributed by atoms with van der Waals surface area (Å²) in [6.45, 7) is 1.67. The van der Waals surface area contributed by atoms with Crippen LogP contribution >= 0.6 is 0 Å². The van der Waals surface area contributed by atoms with E-state index < -0.39 is 11.9 Å². The smallest absolute Gasteiger partial charge is 0.377 e. The minimum atomic E-state index is -0.933. The van der Waals surface area contributed by atoms with Crippen LogP contribution in [0.5, 0.6) is 0 Å². The number of aromatic nitrogens is 3. The summed E-state index contributed by atoms with van der Waals surface area (Å²) >= 11 is 0. The third-order valence-corrected chi connectivity index (χ3v) is 1.80. The van der Waals surface area contributed by atoms with Crippen molar-refractivity contribution in [2.24, 2.45) is 0 Å². The Morgan fingerprint density at radius 1 is 1.67 bits per heavy atom. The van der Waals surface area contributed by atoms with Crippen LogP contribution in [0.4, 0.5) is 0 Å². The Bertz CT molecular complexity index is 374. The molecule has 0 aromatic carbocycles. The SMILES string of the molecule is COC(=O)c1ncn(C(C)CC(=O)O)n1. The van der Waals surface area contributed by atoms with E-state index in [2.05, 4.69) is 14.8 Å². The number of ether oxygens (including phenoxy) is 1. The molecule has 0 bridgehead atoms. The van der Waals surface area contributed by atoms with Crippen molar-refractivity contribution in [1.82, 2.24) is 14.8 Å². The molecule has 1 unspecified atom stereocenters. The van der Waals surface area contributed by atoms with Gasteiger partial charge in [0.05, 0.1) is 19.6 Å². The second-order valence-electron chi connectivity index (χ2n) is 2.99. The number of hydrogen-bond acceptors (Lipinski definition) is 5. The van der Waals surface area contributed by atoms with Gasteiger partial charge in [0.25, 0.3) is 5.82 Å². The molecule has 0 fully saturated rings. The van der Waals surface area contributed by atoms with Gasteiger partial charge in [-0.25, -0.2) is 14.5 Å². The predicted octanol–water partition coefficient (Wildman–Crippen LogP) is 0.100. The van der Waals surface area contributed by atoms with Crippen molar-refractivity contribution in [2.45, 2.75) is 19.4 Å². The lowest BCUT2D eigenvalue weighted by molar-refractivity contribution is -0.137. The summed E-state index contributed by atoms with van der Waals surface area (Å²) in [5, 5.41) is 12.4. The fourth-order valence-corrected chi connectivity index (χ4v) is 1.02. The van der Waals surface area contributed by atoms with E-state index >= 15 is 0 Å². The van der Waals surface area contributed by atoms with Crippen LogP contribution < -0.4 is 0 Å². The maximum Gasteiger partial charge on any atom is 0.377 e. The molecule has 0 radical (unpaired) electrons. The van der Waals surface area contributed by atoms with E-state index in [1.165, 1.54) is 18.1 Å². The van der Waals surface area contributed by atoms with Crippen molar-refractivity contribution >= 4 is 11.9 Å². The first kappa shape index (κ1) is 11.2. The number of hydrogen-bond donors (Lipinski definition) is 1. The summed E-state index contributed by atoms with van der Waals surface area (Å²) in [6, 6.07) is -0.353. The average Bonchev–Trinajstić information content (AvgIpc) is 2.64. The van der Waals surface area contributed by atoms with Gasteiger partial charge in [0, 0.05) is 0 Å². The first-order valence-corrected chi connectivity index (χ1v) is 4.26. The molecule has 1 heterocycles. The number of esters is 1. The Hall–Kier alpha value is -1.92. The molecular formula is C8H11N3O4. The van der Waals surface area contributed by atoms with E-state index in [4.69, 9.17) is 5.11 Å². The highest BCUT2D eigenvalue weighted by atomic mass is 16.5. The number of rotatable bonds is 4. The molecular weight excluding hydrogens is 202 g/mol. The second-order valence-corrected chi connectivity index (χ2v) is 2.99. The lowest BCUT2D eigenvalue weighted by Gasteiger charge is -2.06. The molecule has 0 aliphatic rings. The van der Waals surface area contributed by atoms with E-state index in [1.807, 2.05) is 0 Å². The number of carboxylic acids is 1. The first-order valence-electron chi connectivity index (χ1n) is 4.26. The Labute approximate surface area is 85.7 Å². The normalized spacial score (nSPS) is 12.1. The molecule has 0 spiro atoms. The van der Waals surface area contributed by atoms with Gasteiger partial charge in [-0.2, -0.15) is 0 Å². The van der Waals surface area contributed by atoms with E-state index in [1.54, 1.807) is 6.92 Å². The number of aliphatic carboxylic acids is 1. The Morgan fingerprint density at radius 3 is 2.87 bits per heavy atom. The lowest BCUT2D eigenvalue weighted by atomic mass is 10.2. The van der Waals surface area contributed by atoms with Gasteiger partial charge in [0.2, 0.25) is 0 Å². The van der Waals surface area contributed by atoms with Crippen molar-refractivity contribution < 1.29 is 19.4 Å². The molecule has 0 saturated heterocycles. The predicted molar refractivity (Wildman–Crippen MR) is 48.3 cm³/mol. The highest BCUT2D eigenvalue weighted by Crippen LogP contribution is 2.08. The maximum atomic E-state index is 11.0. The molecule has 1 aromatic rings. The van der Waals surface area contributed by atoms with Crippen LogP contribution in [0.3, 0.4) is 0 Å².